The minimum absolute atomic E-state index is 0.194. The topological polar surface area (TPSA) is 45.5 Å². The standard InChI is InChI=1S/C16H16ClFN2O2/c1-19-8-11(17)6-15(19)16(22)20-9-13(21)7-14(20)10-2-4-12(18)5-3-10/h2-6,8,13-14,21H,7,9H2,1H3/t13-,14-/m1/s1. The van der Waals surface area contributed by atoms with Gasteiger partial charge in [-0.25, -0.2) is 4.39 Å². The second kappa shape index (κ2) is 5.74. The molecule has 0 radical (unpaired) electrons. The second-order valence-electron chi connectivity index (χ2n) is 5.57. The van der Waals surface area contributed by atoms with E-state index in [9.17, 15) is 14.3 Å². The molecule has 1 N–H and O–H groups in total. The molecule has 1 aliphatic heterocycles. The number of hydrogen-bond donors (Lipinski definition) is 1. The number of halogens is 2. The fourth-order valence-corrected chi connectivity index (χ4v) is 3.17. The highest BCUT2D eigenvalue weighted by molar-refractivity contribution is 6.31. The van der Waals surface area contributed by atoms with Crippen molar-refractivity contribution in [3.05, 3.63) is 58.6 Å². The van der Waals surface area contributed by atoms with Crippen LogP contribution >= 0.6 is 11.6 Å². The van der Waals surface area contributed by atoms with E-state index >= 15 is 0 Å². The molecule has 2 heterocycles. The van der Waals surface area contributed by atoms with E-state index in [4.69, 9.17) is 11.6 Å². The molecule has 1 aliphatic rings. The number of hydrogen-bond acceptors (Lipinski definition) is 2. The van der Waals surface area contributed by atoms with Gasteiger partial charge in [0.05, 0.1) is 17.2 Å². The van der Waals surface area contributed by atoms with Crippen LogP contribution in [0.25, 0.3) is 0 Å². The van der Waals surface area contributed by atoms with Gasteiger partial charge in [-0.05, 0) is 30.2 Å². The zero-order valence-electron chi connectivity index (χ0n) is 12.0. The summed E-state index contributed by atoms with van der Waals surface area (Å²) in [5.74, 6) is -0.519. The third-order valence-electron chi connectivity index (χ3n) is 3.99. The maximum atomic E-state index is 13.1. The lowest BCUT2D eigenvalue weighted by molar-refractivity contribution is 0.0706. The predicted molar refractivity (Wildman–Crippen MR) is 81.2 cm³/mol. The SMILES string of the molecule is Cn1cc(Cl)cc1C(=O)N1C[C@H](O)C[C@@H]1c1ccc(F)cc1. The zero-order chi connectivity index (χ0) is 15.9. The van der Waals surface area contributed by atoms with E-state index in [1.807, 2.05) is 0 Å². The molecule has 0 aliphatic carbocycles. The van der Waals surface area contributed by atoms with Crippen molar-refractivity contribution in [1.82, 2.24) is 9.47 Å². The van der Waals surface area contributed by atoms with E-state index in [2.05, 4.69) is 0 Å². The van der Waals surface area contributed by atoms with Gasteiger partial charge in [0.15, 0.2) is 0 Å². The Morgan fingerprint density at radius 2 is 2.05 bits per heavy atom. The number of carbonyl (C=O) groups excluding carboxylic acids is 1. The van der Waals surface area contributed by atoms with Gasteiger partial charge in [0.1, 0.15) is 11.5 Å². The first kappa shape index (κ1) is 15.1. The van der Waals surface area contributed by atoms with Crippen LogP contribution in [0.5, 0.6) is 0 Å². The highest BCUT2D eigenvalue weighted by Gasteiger charge is 2.36. The van der Waals surface area contributed by atoms with Gasteiger partial charge in [-0.15, -0.1) is 0 Å². The zero-order valence-corrected chi connectivity index (χ0v) is 12.8. The van der Waals surface area contributed by atoms with Crippen molar-refractivity contribution in [3.63, 3.8) is 0 Å². The Kier molecular flexibility index (Phi) is 3.93. The molecule has 4 nitrogen and oxygen atoms in total. The monoisotopic (exact) mass is 322 g/mol. The molecule has 0 unspecified atom stereocenters. The van der Waals surface area contributed by atoms with Crippen molar-refractivity contribution in [2.45, 2.75) is 18.6 Å². The number of nitrogens with zero attached hydrogens (tertiary/aromatic N) is 2. The van der Waals surface area contributed by atoms with Gasteiger partial charge in [0, 0.05) is 19.8 Å². The predicted octanol–water partition coefficient (Wildman–Crippen LogP) is 2.77. The van der Waals surface area contributed by atoms with Crippen molar-refractivity contribution in [1.29, 1.82) is 0 Å². The van der Waals surface area contributed by atoms with Gasteiger partial charge >= 0.3 is 0 Å². The molecule has 2 aromatic rings. The normalized spacial score (nSPS) is 21.4. The molecular weight excluding hydrogens is 307 g/mol. The number of likely N-dealkylation sites (tertiary alicyclic amines) is 1. The van der Waals surface area contributed by atoms with E-state index in [-0.39, 0.29) is 24.3 Å². The number of β-amino-alcohol motifs (C(OH)–C–C–N with tert-alkyl or cyclic N) is 1. The van der Waals surface area contributed by atoms with Gasteiger partial charge in [-0.2, -0.15) is 0 Å². The summed E-state index contributed by atoms with van der Waals surface area (Å²) in [6, 6.07) is 7.37. The number of aliphatic hydroxyl groups is 1. The summed E-state index contributed by atoms with van der Waals surface area (Å²) in [7, 11) is 1.75. The minimum atomic E-state index is -0.588. The van der Waals surface area contributed by atoms with Crippen molar-refractivity contribution >= 4 is 17.5 Å². The Hall–Kier alpha value is -1.85. The Morgan fingerprint density at radius 1 is 1.36 bits per heavy atom. The van der Waals surface area contributed by atoms with Gasteiger partial charge in [-0.1, -0.05) is 23.7 Å². The van der Waals surface area contributed by atoms with Crippen LogP contribution in [0.15, 0.2) is 36.5 Å². The summed E-state index contributed by atoms with van der Waals surface area (Å²) in [6.07, 6.45) is 1.51. The Morgan fingerprint density at radius 3 is 2.64 bits per heavy atom. The van der Waals surface area contributed by atoms with Crippen LogP contribution in [0.1, 0.15) is 28.5 Å². The second-order valence-corrected chi connectivity index (χ2v) is 6.01. The molecule has 0 spiro atoms. The first-order chi connectivity index (χ1) is 10.5. The van der Waals surface area contributed by atoms with E-state index < -0.39 is 6.10 Å². The molecule has 0 bridgehead atoms. The van der Waals surface area contributed by atoms with E-state index in [0.29, 0.717) is 17.1 Å². The molecule has 6 heteroatoms. The lowest BCUT2D eigenvalue weighted by Gasteiger charge is -2.25. The summed E-state index contributed by atoms with van der Waals surface area (Å²) in [6.45, 7) is 0.254. The average Bonchev–Trinajstić information content (AvgIpc) is 3.01. The quantitative estimate of drug-likeness (QED) is 0.924. The summed E-state index contributed by atoms with van der Waals surface area (Å²) in [5.41, 5.74) is 1.28. The van der Waals surface area contributed by atoms with Gasteiger partial charge in [-0.3, -0.25) is 4.79 Å². The molecule has 1 aromatic heterocycles. The van der Waals surface area contributed by atoms with Crippen LogP contribution < -0.4 is 0 Å². The van der Waals surface area contributed by atoms with Crippen LogP contribution in [-0.4, -0.2) is 33.1 Å². The van der Waals surface area contributed by atoms with Crippen LogP contribution in [0.2, 0.25) is 5.02 Å². The van der Waals surface area contributed by atoms with Crippen LogP contribution in [-0.2, 0) is 7.05 Å². The van der Waals surface area contributed by atoms with Crippen molar-refractivity contribution in [2.75, 3.05) is 6.54 Å². The van der Waals surface area contributed by atoms with Crippen LogP contribution in [0.4, 0.5) is 4.39 Å². The Bertz CT molecular complexity index is 699. The van der Waals surface area contributed by atoms with E-state index in [1.54, 1.807) is 40.9 Å². The Balaban J connectivity index is 1.92. The maximum Gasteiger partial charge on any atom is 0.271 e. The molecule has 1 fully saturated rings. The third-order valence-corrected chi connectivity index (χ3v) is 4.19. The lowest BCUT2D eigenvalue weighted by Crippen LogP contribution is -2.32. The molecule has 2 atom stereocenters. The number of aromatic nitrogens is 1. The molecule has 1 amide bonds. The number of aliphatic hydroxyl groups excluding tert-OH is 1. The highest BCUT2D eigenvalue weighted by atomic mass is 35.5. The number of benzene rings is 1. The molecule has 3 rings (SSSR count). The molecular formula is C16H16ClFN2O2. The first-order valence-electron chi connectivity index (χ1n) is 7.02. The highest BCUT2D eigenvalue weighted by Crippen LogP contribution is 2.33. The minimum Gasteiger partial charge on any atom is -0.391 e. The largest absolute Gasteiger partial charge is 0.391 e. The smallest absolute Gasteiger partial charge is 0.271 e. The van der Waals surface area contributed by atoms with Crippen molar-refractivity contribution < 1.29 is 14.3 Å². The lowest BCUT2D eigenvalue weighted by atomic mass is 10.0. The molecule has 1 saturated heterocycles. The average molecular weight is 323 g/mol. The fourth-order valence-electron chi connectivity index (χ4n) is 2.92. The van der Waals surface area contributed by atoms with Crippen LogP contribution in [0, 0.1) is 5.82 Å². The number of carbonyl (C=O) groups is 1. The fraction of sp³-hybridized carbons (Fsp3) is 0.312. The summed E-state index contributed by atoms with van der Waals surface area (Å²) >= 11 is 5.93. The number of amides is 1. The third kappa shape index (κ3) is 2.74. The van der Waals surface area contributed by atoms with E-state index in [1.165, 1.54) is 12.1 Å². The molecule has 22 heavy (non-hydrogen) atoms. The summed E-state index contributed by atoms with van der Waals surface area (Å²) in [4.78, 5) is 14.4. The van der Waals surface area contributed by atoms with Crippen molar-refractivity contribution in [3.8, 4) is 0 Å². The van der Waals surface area contributed by atoms with Crippen molar-refractivity contribution in [2.24, 2.45) is 7.05 Å². The van der Waals surface area contributed by atoms with Gasteiger partial charge < -0.3 is 14.6 Å². The molecule has 0 saturated carbocycles. The van der Waals surface area contributed by atoms with Gasteiger partial charge in [0.2, 0.25) is 0 Å². The molecule has 116 valence electrons. The molecule has 1 aromatic carbocycles. The van der Waals surface area contributed by atoms with Gasteiger partial charge in [0.25, 0.3) is 5.91 Å². The Labute approximate surface area is 132 Å². The number of aryl methyl sites for hydroxylation is 1. The first-order valence-corrected chi connectivity index (χ1v) is 7.40. The van der Waals surface area contributed by atoms with Crippen LogP contribution in [0.3, 0.4) is 0 Å². The summed E-state index contributed by atoms with van der Waals surface area (Å²) < 4.78 is 14.7. The number of rotatable bonds is 2. The maximum absolute atomic E-state index is 13.1. The van der Waals surface area contributed by atoms with E-state index in [0.717, 1.165) is 5.56 Å². The summed E-state index contributed by atoms with van der Waals surface area (Å²) in [5, 5.41) is 10.4.